The molecule has 0 radical (unpaired) electrons. The molecule has 0 aliphatic carbocycles. The largest absolute Gasteiger partial charge is 0.494 e. The number of ether oxygens (including phenoxy) is 3. The predicted molar refractivity (Wildman–Crippen MR) is 104 cm³/mol. The van der Waals surface area contributed by atoms with Crippen LogP contribution >= 0.6 is 0 Å². The Bertz CT molecular complexity index is 870. The van der Waals surface area contributed by atoms with E-state index in [9.17, 15) is 13.9 Å². The molecule has 1 unspecified atom stereocenters. The number of hydrogen-bond donors (Lipinski definition) is 1. The Morgan fingerprint density at radius 2 is 1.93 bits per heavy atom. The first-order chi connectivity index (χ1) is 13.9. The molecular formula is C23H26F2O4. The Morgan fingerprint density at radius 1 is 1.17 bits per heavy atom. The predicted octanol–water partition coefficient (Wildman–Crippen LogP) is 4.34. The van der Waals surface area contributed by atoms with E-state index < -0.39 is 23.9 Å². The van der Waals surface area contributed by atoms with Gasteiger partial charge in [-0.25, -0.2) is 8.78 Å². The van der Waals surface area contributed by atoms with Crippen LogP contribution in [0.3, 0.4) is 0 Å². The third kappa shape index (κ3) is 3.77. The van der Waals surface area contributed by atoms with E-state index in [-0.39, 0.29) is 19.4 Å². The highest BCUT2D eigenvalue weighted by atomic mass is 19.3. The van der Waals surface area contributed by atoms with Gasteiger partial charge in [0.15, 0.2) is 11.4 Å². The van der Waals surface area contributed by atoms with Gasteiger partial charge >= 0.3 is 0 Å². The van der Waals surface area contributed by atoms with Crippen molar-refractivity contribution < 1.29 is 28.1 Å². The fourth-order valence-electron chi connectivity index (χ4n) is 4.25. The van der Waals surface area contributed by atoms with Crippen LogP contribution in [0.4, 0.5) is 8.78 Å². The second kappa shape index (κ2) is 7.67. The van der Waals surface area contributed by atoms with E-state index in [4.69, 9.17) is 14.2 Å². The normalized spacial score (nSPS) is 28.7. The lowest BCUT2D eigenvalue weighted by Crippen LogP contribution is -2.50. The number of aryl methyl sites for hydroxylation is 1. The summed E-state index contributed by atoms with van der Waals surface area (Å²) in [5, 5.41) is 10.3. The van der Waals surface area contributed by atoms with E-state index in [2.05, 4.69) is 0 Å². The molecule has 29 heavy (non-hydrogen) atoms. The zero-order valence-corrected chi connectivity index (χ0v) is 16.7. The van der Waals surface area contributed by atoms with Crippen molar-refractivity contribution in [3.63, 3.8) is 0 Å². The second-order valence-corrected chi connectivity index (χ2v) is 7.97. The minimum atomic E-state index is -2.71. The summed E-state index contributed by atoms with van der Waals surface area (Å²) in [6.07, 6.45) is -2.89. The minimum absolute atomic E-state index is 0.114. The maximum Gasteiger partial charge on any atom is 0.269 e. The van der Waals surface area contributed by atoms with Gasteiger partial charge < -0.3 is 19.3 Å². The van der Waals surface area contributed by atoms with Crippen LogP contribution in [0.15, 0.2) is 42.5 Å². The summed E-state index contributed by atoms with van der Waals surface area (Å²) < 4.78 is 44.4. The van der Waals surface area contributed by atoms with E-state index in [1.807, 2.05) is 56.3 Å². The molecule has 1 N–H and O–H groups in total. The van der Waals surface area contributed by atoms with Crippen LogP contribution in [0, 0.1) is 6.92 Å². The lowest BCUT2D eigenvalue weighted by molar-refractivity contribution is -0.264. The molecule has 4 nitrogen and oxygen atoms in total. The number of aliphatic hydroxyl groups excluding tert-OH is 1. The third-order valence-corrected chi connectivity index (χ3v) is 5.82. The molecule has 6 heteroatoms. The number of aliphatic hydroxyl groups is 1. The van der Waals surface area contributed by atoms with Crippen LogP contribution in [-0.4, -0.2) is 36.5 Å². The number of benzene rings is 2. The smallest absolute Gasteiger partial charge is 0.269 e. The topological polar surface area (TPSA) is 47.9 Å². The first-order valence-electron chi connectivity index (χ1n) is 9.98. The molecule has 0 aromatic heterocycles. The standard InChI is InChI=1S/C23H26F2O4/c1-3-27-20-8-5-16(6-9-20)10-17-11-18(7-4-15(17)2)23-13-19(26)12-22(29-23,14-28-23)21(24)25/h4-9,11,19,21,26H,3,10,12-14H2,1-2H3/t19?,22-,23-/m1/s1. The molecule has 156 valence electrons. The van der Waals surface area contributed by atoms with Gasteiger partial charge in [0.2, 0.25) is 0 Å². The molecule has 2 aliphatic rings. The zero-order valence-electron chi connectivity index (χ0n) is 16.7. The first-order valence-corrected chi connectivity index (χ1v) is 9.98. The summed E-state index contributed by atoms with van der Waals surface area (Å²) >= 11 is 0. The summed E-state index contributed by atoms with van der Waals surface area (Å²) in [5.74, 6) is -0.497. The third-order valence-electron chi connectivity index (χ3n) is 5.82. The van der Waals surface area contributed by atoms with Crippen molar-refractivity contribution in [2.24, 2.45) is 0 Å². The fourth-order valence-corrected chi connectivity index (χ4v) is 4.25. The minimum Gasteiger partial charge on any atom is -0.494 e. The van der Waals surface area contributed by atoms with Crippen LogP contribution in [-0.2, 0) is 21.7 Å². The molecule has 2 aliphatic heterocycles. The van der Waals surface area contributed by atoms with Crippen molar-refractivity contribution in [1.29, 1.82) is 0 Å². The molecule has 4 rings (SSSR count). The lowest BCUT2D eigenvalue weighted by atomic mass is 9.87. The van der Waals surface area contributed by atoms with Gasteiger partial charge in [-0.3, -0.25) is 0 Å². The van der Waals surface area contributed by atoms with Crippen LogP contribution in [0.1, 0.15) is 42.0 Å². The van der Waals surface area contributed by atoms with Crippen molar-refractivity contribution >= 4 is 0 Å². The van der Waals surface area contributed by atoms with Gasteiger partial charge in [0.05, 0.1) is 19.3 Å². The molecule has 2 bridgehead atoms. The van der Waals surface area contributed by atoms with Crippen molar-refractivity contribution in [2.45, 2.75) is 57.0 Å². The Hall–Kier alpha value is -2.02. The molecule has 2 aromatic rings. The van der Waals surface area contributed by atoms with E-state index in [0.717, 1.165) is 22.4 Å². The van der Waals surface area contributed by atoms with E-state index in [1.165, 1.54) is 0 Å². The quantitative estimate of drug-likeness (QED) is 0.778. The molecule has 2 fully saturated rings. The first kappa shape index (κ1) is 20.3. The number of rotatable bonds is 6. The Balaban J connectivity index is 1.61. The van der Waals surface area contributed by atoms with Gasteiger partial charge in [0.25, 0.3) is 6.43 Å². The number of halogens is 2. The van der Waals surface area contributed by atoms with Crippen LogP contribution in [0.25, 0.3) is 0 Å². The molecule has 0 amide bonds. The Labute approximate surface area is 169 Å². The van der Waals surface area contributed by atoms with Crippen LogP contribution < -0.4 is 4.74 Å². The second-order valence-electron chi connectivity index (χ2n) is 7.97. The van der Waals surface area contributed by atoms with Crippen molar-refractivity contribution in [3.05, 3.63) is 64.7 Å². The summed E-state index contributed by atoms with van der Waals surface area (Å²) in [5.41, 5.74) is 2.20. The lowest BCUT2D eigenvalue weighted by Gasteiger charge is -2.40. The molecule has 0 saturated carbocycles. The van der Waals surface area contributed by atoms with Crippen molar-refractivity contribution in [2.75, 3.05) is 13.2 Å². The number of hydrogen-bond acceptors (Lipinski definition) is 4. The molecule has 2 heterocycles. The summed E-state index contributed by atoms with van der Waals surface area (Å²) in [7, 11) is 0. The highest BCUT2D eigenvalue weighted by Gasteiger charge is 2.61. The van der Waals surface area contributed by atoms with Gasteiger partial charge in [-0.1, -0.05) is 24.3 Å². The van der Waals surface area contributed by atoms with Crippen molar-refractivity contribution in [1.82, 2.24) is 0 Å². The molecular weight excluding hydrogens is 378 g/mol. The zero-order chi connectivity index (χ0) is 20.6. The maximum absolute atomic E-state index is 13.7. The highest BCUT2D eigenvalue weighted by Crippen LogP contribution is 2.51. The Morgan fingerprint density at radius 3 is 2.62 bits per heavy atom. The van der Waals surface area contributed by atoms with Crippen LogP contribution in [0.5, 0.6) is 5.75 Å². The summed E-state index contributed by atoms with van der Waals surface area (Å²) in [4.78, 5) is 0. The summed E-state index contributed by atoms with van der Waals surface area (Å²) in [6.45, 7) is 4.36. The van der Waals surface area contributed by atoms with Gasteiger partial charge in [-0.05, 0) is 55.2 Å². The van der Waals surface area contributed by atoms with E-state index in [0.29, 0.717) is 18.6 Å². The summed E-state index contributed by atoms with van der Waals surface area (Å²) in [6, 6.07) is 13.7. The Kier molecular flexibility index (Phi) is 5.36. The van der Waals surface area contributed by atoms with Gasteiger partial charge in [-0.15, -0.1) is 0 Å². The highest BCUT2D eigenvalue weighted by molar-refractivity contribution is 5.39. The number of alkyl halides is 2. The average Bonchev–Trinajstić information content (AvgIpc) is 2.98. The van der Waals surface area contributed by atoms with Crippen molar-refractivity contribution in [3.8, 4) is 5.75 Å². The SMILES string of the molecule is CCOc1ccc(Cc2cc([C@]34CC(O)C[C@](C(F)F)(CO3)O4)ccc2C)cc1. The fraction of sp³-hybridized carbons (Fsp3) is 0.478. The number of fused-ring (bicyclic) bond motifs is 2. The van der Waals surface area contributed by atoms with E-state index in [1.54, 1.807) is 0 Å². The molecule has 3 atom stereocenters. The molecule has 0 spiro atoms. The molecule has 2 aromatic carbocycles. The van der Waals surface area contributed by atoms with Gasteiger partial charge in [0, 0.05) is 18.4 Å². The van der Waals surface area contributed by atoms with Gasteiger partial charge in [0.1, 0.15) is 5.75 Å². The molecule has 2 saturated heterocycles. The van der Waals surface area contributed by atoms with Gasteiger partial charge in [-0.2, -0.15) is 0 Å². The van der Waals surface area contributed by atoms with Crippen LogP contribution in [0.2, 0.25) is 0 Å². The monoisotopic (exact) mass is 404 g/mol. The average molecular weight is 404 g/mol. The van der Waals surface area contributed by atoms with E-state index >= 15 is 0 Å². The maximum atomic E-state index is 13.7.